The van der Waals surface area contributed by atoms with Crippen molar-refractivity contribution in [3.05, 3.63) is 70.4 Å². The summed E-state index contributed by atoms with van der Waals surface area (Å²) in [5.41, 5.74) is 2.57. The normalized spacial score (nSPS) is 10.7. The topological polar surface area (TPSA) is 59.2 Å². The number of halogens is 1. The number of ketones is 1. The third-order valence-corrected chi connectivity index (χ3v) is 3.84. The quantitative estimate of drug-likeness (QED) is 0.578. The highest BCUT2D eigenvalue weighted by Crippen LogP contribution is 2.22. The SMILES string of the molecule is Cc1[nH]c2ccccc2c1C(=O)COC(=O)c1ccc(Cl)cc1. The number of para-hydroxylation sites is 1. The number of esters is 1. The number of rotatable bonds is 4. The number of aromatic nitrogens is 1. The second kappa shape index (κ2) is 6.26. The highest BCUT2D eigenvalue weighted by molar-refractivity contribution is 6.30. The largest absolute Gasteiger partial charge is 0.454 e. The molecule has 116 valence electrons. The molecule has 1 N–H and O–H groups in total. The lowest BCUT2D eigenvalue weighted by Crippen LogP contribution is -2.14. The molecule has 5 heteroatoms. The van der Waals surface area contributed by atoms with Crippen LogP contribution in [0.5, 0.6) is 0 Å². The van der Waals surface area contributed by atoms with E-state index in [0.29, 0.717) is 16.1 Å². The van der Waals surface area contributed by atoms with E-state index >= 15 is 0 Å². The van der Waals surface area contributed by atoms with Crippen molar-refractivity contribution < 1.29 is 14.3 Å². The van der Waals surface area contributed by atoms with Crippen molar-refractivity contribution in [1.82, 2.24) is 4.98 Å². The van der Waals surface area contributed by atoms with Crippen molar-refractivity contribution in [2.45, 2.75) is 6.92 Å². The Hall–Kier alpha value is -2.59. The minimum Gasteiger partial charge on any atom is -0.454 e. The number of aryl methyl sites for hydroxylation is 1. The fourth-order valence-corrected chi connectivity index (χ4v) is 2.63. The molecule has 3 rings (SSSR count). The Kier molecular flexibility index (Phi) is 4.17. The molecule has 3 aromatic rings. The summed E-state index contributed by atoms with van der Waals surface area (Å²) in [6.45, 7) is 1.53. The number of hydrogen-bond donors (Lipinski definition) is 1. The summed E-state index contributed by atoms with van der Waals surface area (Å²) in [6, 6.07) is 13.9. The molecular weight excluding hydrogens is 314 g/mol. The van der Waals surface area contributed by atoms with Crippen LogP contribution >= 0.6 is 11.6 Å². The monoisotopic (exact) mass is 327 g/mol. The number of carbonyl (C=O) groups is 2. The van der Waals surface area contributed by atoms with E-state index in [1.165, 1.54) is 0 Å². The molecule has 2 aromatic carbocycles. The lowest BCUT2D eigenvalue weighted by atomic mass is 10.1. The summed E-state index contributed by atoms with van der Waals surface area (Å²) in [4.78, 5) is 27.5. The van der Waals surface area contributed by atoms with Gasteiger partial charge in [-0.1, -0.05) is 29.8 Å². The van der Waals surface area contributed by atoms with Gasteiger partial charge in [-0.3, -0.25) is 4.79 Å². The predicted octanol–water partition coefficient (Wildman–Crippen LogP) is 4.17. The predicted molar refractivity (Wildman–Crippen MR) is 89.1 cm³/mol. The van der Waals surface area contributed by atoms with Gasteiger partial charge < -0.3 is 9.72 Å². The molecule has 0 spiro atoms. The molecule has 0 radical (unpaired) electrons. The minimum absolute atomic E-state index is 0.234. The summed E-state index contributed by atoms with van der Waals surface area (Å²) in [7, 11) is 0. The Balaban J connectivity index is 1.75. The van der Waals surface area contributed by atoms with Gasteiger partial charge in [-0.2, -0.15) is 0 Å². The maximum absolute atomic E-state index is 12.4. The number of fused-ring (bicyclic) bond motifs is 1. The van der Waals surface area contributed by atoms with E-state index in [4.69, 9.17) is 16.3 Å². The summed E-state index contributed by atoms with van der Waals surface area (Å²) >= 11 is 5.77. The maximum Gasteiger partial charge on any atom is 0.338 e. The van der Waals surface area contributed by atoms with E-state index in [1.54, 1.807) is 24.3 Å². The summed E-state index contributed by atoms with van der Waals surface area (Å²) in [6.07, 6.45) is 0. The zero-order chi connectivity index (χ0) is 16.4. The van der Waals surface area contributed by atoms with Crippen LogP contribution in [0.25, 0.3) is 10.9 Å². The number of benzene rings is 2. The molecule has 0 bridgehead atoms. The Morgan fingerprint density at radius 1 is 1.09 bits per heavy atom. The van der Waals surface area contributed by atoms with Gasteiger partial charge in [0, 0.05) is 27.2 Å². The van der Waals surface area contributed by atoms with Gasteiger partial charge in [-0.15, -0.1) is 0 Å². The highest BCUT2D eigenvalue weighted by Gasteiger charge is 2.18. The fraction of sp³-hybridized carbons (Fsp3) is 0.111. The second-order valence-corrected chi connectivity index (χ2v) is 5.61. The number of Topliss-reactive ketones (excluding diaryl/α,β-unsaturated/α-hetero) is 1. The fourth-order valence-electron chi connectivity index (χ4n) is 2.51. The first kappa shape index (κ1) is 15.3. The molecule has 4 nitrogen and oxygen atoms in total. The third-order valence-electron chi connectivity index (χ3n) is 3.59. The van der Waals surface area contributed by atoms with Gasteiger partial charge in [0.15, 0.2) is 6.61 Å². The molecule has 1 heterocycles. The number of H-pyrrole nitrogens is 1. The van der Waals surface area contributed by atoms with E-state index in [1.807, 2.05) is 31.2 Å². The van der Waals surface area contributed by atoms with Crippen molar-refractivity contribution in [3.63, 3.8) is 0 Å². The number of ether oxygens (including phenoxy) is 1. The van der Waals surface area contributed by atoms with Gasteiger partial charge in [-0.25, -0.2) is 4.79 Å². The first-order valence-corrected chi connectivity index (χ1v) is 7.47. The molecular formula is C18H14ClNO3. The van der Waals surface area contributed by atoms with Gasteiger partial charge >= 0.3 is 5.97 Å². The summed E-state index contributed by atoms with van der Waals surface area (Å²) < 4.78 is 5.11. The molecule has 0 amide bonds. The van der Waals surface area contributed by atoms with Crippen LogP contribution < -0.4 is 0 Å². The lowest BCUT2D eigenvalue weighted by Gasteiger charge is -2.05. The van der Waals surface area contributed by atoms with Crippen molar-refractivity contribution in [2.24, 2.45) is 0 Å². The number of hydrogen-bond acceptors (Lipinski definition) is 3. The molecule has 0 aliphatic rings. The molecule has 0 saturated heterocycles. The molecule has 0 aliphatic carbocycles. The van der Waals surface area contributed by atoms with E-state index in [9.17, 15) is 9.59 Å². The average molecular weight is 328 g/mol. The van der Waals surface area contributed by atoms with Crippen LogP contribution in [-0.2, 0) is 4.74 Å². The van der Waals surface area contributed by atoms with Crippen LogP contribution in [0.4, 0.5) is 0 Å². The van der Waals surface area contributed by atoms with Crippen LogP contribution in [0.2, 0.25) is 5.02 Å². The van der Waals surface area contributed by atoms with Gasteiger partial charge in [0.1, 0.15) is 0 Å². The number of carbonyl (C=O) groups excluding carboxylic acids is 2. The summed E-state index contributed by atoms with van der Waals surface area (Å²) in [5.74, 6) is -0.783. The Morgan fingerprint density at radius 2 is 1.78 bits per heavy atom. The van der Waals surface area contributed by atoms with Gasteiger partial charge in [0.25, 0.3) is 0 Å². The van der Waals surface area contributed by atoms with Crippen molar-refractivity contribution in [3.8, 4) is 0 Å². The van der Waals surface area contributed by atoms with E-state index < -0.39 is 5.97 Å². The average Bonchev–Trinajstić information content (AvgIpc) is 2.88. The molecule has 0 atom stereocenters. The lowest BCUT2D eigenvalue weighted by molar-refractivity contribution is 0.0475. The van der Waals surface area contributed by atoms with Crippen LogP contribution in [-0.4, -0.2) is 23.3 Å². The zero-order valence-electron chi connectivity index (χ0n) is 12.4. The standard InChI is InChI=1S/C18H14ClNO3/c1-11-17(14-4-2-3-5-15(14)20-11)16(21)10-23-18(22)12-6-8-13(19)9-7-12/h2-9,20H,10H2,1H3. The highest BCUT2D eigenvalue weighted by atomic mass is 35.5. The van der Waals surface area contributed by atoms with E-state index in [-0.39, 0.29) is 12.4 Å². The molecule has 1 aromatic heterocycles. The molecule has 23 heavy (non-hydrogen) atoms. The maximum atomic E-state index is 12.4. The molecule has 0 fully saturated rings. The first-order valence-electron chi connectivity index (χ1n) is 7.09. The number of aromatic amines is 1. The van der Waals surface area contributed by atoms with E-state index in [2.05, 4.69) is 4.98 Å². The number of nitrogens with one attached hydrogen (secondary N) is 1. The first-order chi connectivity index (χ1) is 11.1. The zero-order valence-corrected chi connectivity index (χ0v) is 13.2. The van der Waals surface area contributed by atoms with Crippen LogP contribution in [0.3, 0.4) is 0 Å². The molecule has 0 unspecified atom stereocenters. The Bertz CT molecular complexity index is 881. The smallest absolute Gasteiger partial charge is 0.338 e. The van der Waals surface area contributed by atoms with Crippen LogP contribution in [0.15, 0.2) is 48.5 Å². The van der Waals surface area contributed by atoms with Crippen LogP contribution in [0.1, 0.15) is 26.4 Å². The van der Waals surface area contributed by atoms with Gasteiger partial charge in [0.05, 0.1) is 5.56 Å². The van der Waals surface area contributed by atoms with Gasteiger partial charge in [0.2, 0.25) is 5.78 Å². The van der Waals surface area contributed by atoms with E-state index in [0.717, 1.165) is 16.6 Å². The Morgan fingerprint density at radius 3 is 2.52 bits per heavy atom. The third kappa shape index (κ3) is 3.12. The van der Waals surface area contributed by atoms with Crippen molar-refractivity contribution in [1.29, 1.82) is 0 Å². The van der Waals surface area contributed by atoms with Gasteiger partial charge in [-0.05, 0) is 37.3 Å². The minimum atomic E-state index is -0.549. The molecule has 0 saturated carbocycles. The van der Waals surface area contributed by atoms with Crippen molar-refractivity contribution >= 4 is 34.3 Å². The molecule has 0 aliphatic heterocycles. The second-order valence-electron chi connectivity index (χ2n) is 5.18. The van der Waals surface area contributed by atoms with Crippen LogP contribution in [0, 0.1) is 6.92 Å². The van der Waals surface area contributed by atoms with Crippen molar-refractivity contribution in [2.75, 3.05) is 6.61 Å². The Labute approximate surface area is 138 Å². The summed E-state index contributed by atoms with van der Waals surface area (Å²) in [5, 5.41) is 1.37.